The molecule has 0 aliphatic rings. The first kappa shape index (κ1) is 13.0. The number of aromatic amines is 2. The van der Waals surface area contributed by atoms with Gasteiger partial charge in [0.25, 0.3) is 0 Å². The van der Waals surface area contributed by atoms with E-state index in [-0.39, 0.29) is 11.7 Å². The van der Waals surface area contributed by atoms with Gasteiger partial charge < -0.3 is 15.3 Å². The van der Waals surface area contributed by atoms with Crippen LogP contribution in [0.3, 0.4) is 0 Å². The number of rotatable bonds is 3. The normalized spacial score (nSPS) is 12.0. The number of benzene rings is 2. The maximum Gasteiger partial charge on any atom is 0.323 e. The van der Waals surface area contributed by atoms with Crippen LogP contribution in [0.15, 0.2) is 47.3 Å². The molecule has 0 saturated carbocycles. The van der Waals surface area contributed by atoms with Gasteiger partial charge in [-0.1, -0.05) is 6.07 Å². The molecule has 21 heavy (non-hydrogen) atoms. The van der Waals surface area contributed by atoms with Gasteiger partial charge in [-0.05, 0) is 48.9 Å². The summed E-state index contributed by atoms with van der Waals surface area (Å²) in [5.41, 5.74) is 4.06. The Morgan fingerprint density at radius 3 is 2.52 bits per heavy atom. The number of nitrogens with zero attached hydrogens (tertiary/aromatic N) is 1. The summed E-state index contributed by atoms with van der Waals surface area (Å²) >= 11 is 0. The van der Waals surface area contributed by atoms with Crippen LogP contribution >= 0.6 is 0 Å². The lowest BCUT2D eigenvalue weighted by Gasteiger charge is -2.15. The molecule has 0 spiro atoms. The monoisotopic (exact) mass is 278 g/mol. The Labute approximate surface area is 121 Å². The second-order valence-corrected chi connectivity index (χ2v) is 4.94. The van der Waals surface area contributed by atoms with Gasteiger partial charge in [-0.25, -0.2) is 4.79 Å². The fourth-order valence-electron chi connectivity index (χ4n) is 2.29. The highest BCUT2D eigenvalue weighted by Gasteiger charge is 2.07. The van der Waals surface area contributed by atoms with Crippen molar-refractivity contribution in [2.24, 2.45) is 0 Å². The van der Waals surface area contributed by atoms with Crippen molar-refractivity contribution in [1.29, 1.82) is 5.26 Å². The van der Waals surface area contributed by atoms with E-state index in [0.717, 1.165) is 22.3 Å². The Hall–Kier alpha value is -3.00. The summed E-state index contributed by atoms with van der Waals surface area (Å²) in [6.45, 7) is 2.05. The lowest BCUT2D eigenvalue weighted by Crippen LogP contribution is -2.06. The summed E-state index contributed by atoms with van der Waals surface area (Å²) in [7, 11) is 0. The minimum atomic E-state index is -0.199. The number of anilines is 1. The summed E-state index contributed by atoms with van der Waals surface area (Å²) in [6, 6.07) is 15.3. The second-order valence-electron chi connectivity index (χ2n) is 4.94. The van der Waals surface area contributed by atoms with Crippen LogP contribution in [-0.4, -0.2) is 9.97 Å². The van der Waals surface area contributed by atoms with Crippen molar-refractivity contribution >= 4 is 16.7 Å². The molecule has 0 saturated heterocycles. The van der Waals surface area contributed by atoms with E-state index in [1.807, 2.05) is 37.3 Å². The van der Waals surface area contributed by atoms with Crippen LogP contribution in [0.25, 0.3) is 11.0 Å². The van der Waals surface area contributed by atoms with E-state index in [4.69, 9.17) is 5.26 Å². The molecule has 3 aromatic rings. The molecule has 0 bridgehead atoms. The van der Waals surface area contributed by atoms with Crippen LogP contribution in [0, 0.1) is 11.3 Å². The zero-order valence-corrected chi connectivity index (χ0v) is 11.5. The lowest BCUT2D eigenvalue weighted by molar-refractivity contribution is 0.886. The Kier molecular flexibility index (Phi) is 3.20. The van der Waals surface area contributed by atoms with Crippen LogP contribution in [0.2, 0.25) is 0 Å². The van der Waals surface area contributed by atoms with E-state index in [1.165, 1.54) is 0 Å². The quantitative estimate of drug-likeness (QED) is 0.688. The summed E-state index contributed by atoms with van der Waals surface area (Å²) in [5, 5.41) is 12.2. The Morgan fingerprint density at radius 2 is 1.81 bits per heavy atom. The van der Waals surface area contributed by atoms with Gasteiger partial charge in [0, 0.05) is 11.7 Å². The van der Waals surface area contributed by atoms with E-state index in [0.29, 0.717) is 5.56 Å². The summed E-state index contributed by atoms with van der Waals surface area (Å²) in [5.74, 6) is 0. The molecule has 1 heterocycles. The summed E-state index contributed by atoms with van der Waals surface area (Å²) in [4.78, 5) is 16.8. The van der Waals surface area contributed by atoms with Gasteiger partial charge in [-0.15, -0.1) is 0 Å². The minimum absolute atomic E-state index is 0.0840. The number of aromatic nitrogens is 2. The molecule has 104 valence electrons. The highest BCUT2D eigenvalue weighted by atomic mass is 16.1. The molecule has 5 heteroatoms. The van der Waals surface area contributed by atoms with Crippen LogP contribution in [-0.2, 0) is 0 Å². The number of H-pyrrole nitrogens is 2. The number of imidazole rings is 1. The lowest BCUT2D eigenvalue weighted by atomic mass is 10.1. The molecular formula is C16H14N4O. The molecule has 3 N–H and O–H groups in total. The number of hydrogen-bond acceptors (Lipinski definition) is 3. The van der Waals surface area contributed by atoms with Crippen LogP contribution in [0.4, 0.5) is 5.69 Å². The van der Waals surface area contributed by atoms with Crippen molar-refractivity contribution in [3.63, 3.8) is 0 Å². The van der Waals surface area contributed by atoms with Crippen LogP contribution < -0.4 is 11.0 Å². The predicted octanol–water partition coefficient (Wildman–Crippen LogP) is 2.90. The topological polar surface area (TPSA) is 84.5 Å². The van der Waals surface area contributed by atoms with Gasteiger partial charge in [-0.2, -0.15) is 5.26 Å². The first-order chi connectivity index (χ1) is 10.2. The zero-order chi connectivity index (χ0) is 14.8. The van der Waals surface area contributed by atoms with E-state index in [9.17, 15) is 4.79 Å². The van der Waals surface area contributed by atoms with Gasteiger partial charge in [-0.3, -0.25) is 0 Å². The number of nitriles is 1. The largest absolute Gasteiger partial charge is 0.379 e. The highest BCUT2D eigenvalue weighted by Crippen LogP contribution is 2.21. The fourth-order valence-corrected chi connectivity index (χ4v) is 2.29. The SMILES string of the molecule is CC(Nc1ccc(C#N)cc1)c1ccc2[nH]c(=O)[nH]c2c1. The average Bonchev–Trinajstić information content (AvgIpc) is 2.87. The van der Waals surface area contributed by atoms with Gasteiger partial charge in [0.2, 0.25) is 0 Å². The maximum atomic E-state index is 11.3. The molecule has 3 rings (SSSR count). The Morgan fingerprint density at radius 1 is 1.10 bits per heavy atom. The molecule has 5 nitrogen and oxygen atoms in total. The molecule has 2 aromatic carbocycles. The van der Waals surface area contributed by atoms with Crippen molar-refractivity contribution < 1.29 is 0 Å². The number of hydrogen-bond donors (Lipinski definition) is 3. The first-order valence-corrected chi connectivity index (χ1v) is 6.64. The van der Waals surface area contributed by atoms with Crippen LogP contribution in [0.1, 0.15) is 24.1 Å². The molecular weight excluding hydrogens is 264 g/mol. The van der Waals surface area contributed by atoms with Crippen molar-refractivity contribution in [3.8, 4) is 6.07 Å². The van der Waals surface area contributed by atoms with Crippen molar-refractivity contribution in [3.05, 3.63) is 64.1 Å². The third kappa shape index (κ3) is 2.65. The molecule has 0 fully saturated rings. The van der Waals surface area contributed by atoms with Gasteiger partial charge in [0.15, 0.2) is 0 Å². The molecule has 0 amide bonds. The van der Waals surface area contributed by atoms with Crippen molar-refractivity contribution in [2.75, 3.05) is 5.32 Å². The van der Waals surface area contributed by atoms with Gasteiger partial charge in [0.1, 0.15) is 0 Å². The third-order valence-corrected chi connectivity index (χ3v) is 3.44. The average molecular weight is 278 g/mol. The van der Waals surface area contributed by atoms with Crippen LogP contribution in [0.5, 0.6) is 0 Å². The standard InChI is InChI=1S/C16H14N4O/c1-10(18-13-5-2-11(9-17)3-6-13)12-4-7-14-15(8-12)20-16(21)19-14/h2-8,10,18H,1H3,(H2,19,20,21). The number of fused-ring (bicyclic) bond motifs is 1. The first-order valence-electron chi connectivity index (χ1n) is 6.64. The highest BCUT2D eigenvalue weighted by molar-refractivity contribution is 5.75. The van der Waals surface area contributed by atoms with E-state index >= 15 is 0 Å². The third-order valence-electron chi connectivity index (χ3n) is 3.44. The van der Waals surface area contributed by atoms with E-state index < -0.39 is 0 Å². The predicted molar refractivity (Wildman–Crippen MR) is 82.1 cm³/mol. The van der Waals surface area contributed by atoms with Gasteiger partial charge in [0.05, 0.1) is 22.7 Å². The van der Waals surface area contributed by atoms with E-state index in [2.05, 4.69) is 21.4 Å². The molecule has 0 aliphatic carbocycles. The Bertz CT molecular complexity index is 868. The van der Waals surface area contributed by atoms with Crippen molar-refractivity contribution in [1.82, 2.24) is 9.97 Å². The Balaban J connectivity index is 1.83. The van der Waals surface area contributed by atoms with E-state index in [1.54, 1.807) is 12.1 Å². The summed E-state index contributed by atoms with van der Waals surface area (Å²) < 4.78 is 0. The zero-order valence-electron chi connectivity index (χ0n) is 11.5. The smallest absolute Gasteiger partial charge is 0.323 e. The minimum Gasteiger partial charge on any atom is -0.379 e. The summed E-state index contributed by atoms with van der Waals surface area (Å²) in [6.07, 6.45) is 0. The molecule has 0 radical (unpaired) electrons. The number of nitrogens with one attached hydrogen (secondary N) is 3. The molecule has 1 atom stereocenters. The molecule has 1 unspecified atom stereocenters. The maximum absolute atomic E-state index is 11.3. The molecule has 0 aliphatic heterocycles. The van der Waals surface area contributed by atoms with Gasteiger partial charge >= 0.3 is 5.69 Å². The molecule has 1 aromatic heterocycles. The van der Waals surface area contributed by atoms with Crippen molar-refractivity contribution in [2.45, 2.75) is 13.0 Å². The fraction of sp³-hybridized carbons (Fsp3) is 0.125. The second kappa shape index (κ2) is 5.17.